The zero-order valence-electron chi connectivity index (χ0n) is 15.9. The Morgan fingerprint density at radius 3 is 1.97 bits per heavy atom. The SMILES string of the molecule is CCOC(=O)C1(C(=O)OCC)C(c2ccccc2)N1S(=O)(=O)c1ccc(Cl)cc1. The highest BCUT2D eigenvalue weighted by molar-refractivity contribution is 7.89. The molecule has 9 heteroatoms. The smallest absolute Gasteiger partial charge is 0.341 e. The lowest BCUT2D eigenvalue weighted by Crippen LogP contribution is -2.43. The molecule has 0 saturated carbocycles. The lowest BCUT2D eigenvalue weighted by atomic mass is 9.99. The van der Waals surface area contributed by atoms with Gasteiger partial charge in [-0.25, -0.2) is 18.0 Å². The summed E-state index contributed by atoms with van der Waals surface area (Å²) in [6, 6.07) is 12.8. The largest absolute Gasteiger partial charge is 0.464 e. The number of carbonyl (C=O) groups excluding carboxylic acids is 2. The van der Waals surface area contributed by atoms with E-state index in [4.69, 9.17) is 21.1 Å². The Balaban J connectivity index is 2.18. The van der Waals surface area contributed by atoms with Crippen molar-refractivity contribution in [2.45, 2.75) is 30.3 Å². The second-order valence-electron chi connectivity index (χ2n) is 6.28. The molecule has 1 saturated heterocycles. The van der Waals surface area contributed by atoms with E-state index in [9.17, 15) is 18.0 Å². The molecule has 2 atom stereocenters. The first-order valence-electron chi connectivity index (χ1n) is 9.01. The zero-order valence-corrected chi connectivity index (χ0v) is 17.4. The summed E-state index contributed by atoms with van der Waals surface area (Å²) >= 11 is 5.86. The Bertz CT molecular complexity index is 989. The standard InChI is InChI=1S/C20H20ClNO6S/c1-3-27-18(23)20(19(24)28-4-2)17(14-8-6-5-7-9-14)22(20)29(25,26)16-12-10-15(21)11-13-16/h5-13,17H,3-4H2,1-2H3. The summed E-state index contributed by atoms with van der Waals surface area (Å²) in [6.45, 7) is 3.12. The number of esters is 2. The van der Waals surface area contributed by atoms with Crippen LogP contribution >= 0.6 is 11.6 Å². The average Bonchev–Trinajstić information content (AvgIpc) is 3.42. The molecule has 1 aliphatic rings. The van der Waals surface area contributed by atoms with Gasteiger partial charge in [-0.05, 0) is 43.7 Å². The van der Waals surface area contributed by atoms with Crippen molar-refractivity contribution in [3.8, 4) is 0 Å². The van der Waals surface area contributed by atoms with Crippen LogP contribution in [0.1, 0.15) is 25.5 Å². The summed E-state index contributed by atoms with van der Waals surface area (Å²) in [4.78, 5) is 25.7. The summed E-state index contributed by atoms with van der Waals surface area (Å²) < 4.78 is 37.8. The maximum atomic E-state index is 13.4. The average molecular weight is 438 g/mol. The van der Waals surface area contributed by atoms with E-state index < -0.39 is 33.5 Å². The quantitative estimate of drug-likeness (QED) is 0.376. The van der Waals surface area contributed by atoms with Crippen molar-refractivity contribution in [2.24, 2.45) is 0 Å². The molecule has 0 N–H and O–H groups in total. The Hall–Kier alpha value is -2.42. The number of rotatable bonds is 7. The van der Waals surface area contributed by atoms with Gasteiger partial charge in [0.05, 0.1) is 24.2 Å². The highest BCUT2D eigenvalue weighted by Crippen LogP contribution is 2.58. The van der Waals surface area contributed by atoms with Crippen molar-refractivity contribution < 1.29 is 27.5 Å². The second-order valence-corrected chi connectivity index (χ2v) is 8.53. The molecule has 154 valence electrons. The summed E-state index contributed by atoms with van der Waals surface area (Å²) in [5.41, 5.74) is -1.64. The summed E-state index contributed by atoms with van der Waals surface area (Å²) in [5.74, 6) is -1.94. The van der Waals surface area contributed by atoms with Crippen molar-refractivity contribution in [3.05, 3.63) is 65.2 Å². The van der Waals surface area contributed by atoms with E-state index in [0.717, 1.165) is 4.31 Å². The van der Waals surface area contributed by atoms with Crippen LogP contribution in [0.15, 0.2) is 59.5 Å². The number of sulfonamides is 1. The molecule has 29 heavy (non-hydrogen) atoms. The normalized spacial score (nSPS) is 20.0. The third kappa shape index (κ3) is 3.52. The van der Waals surface area contributed by atoms with E-state index in [1.165, 1.54) is 24.3 Å². The molecule has 2 aromatic rings. The third-order valence-corrected chi connectivity index (χ3v) is 6.71. The predicted octanol–water partition coefficient (Wildman–Crippen LogP) is 2.95. The number of carbonyl (C=O) groups is 2. The van der Waals surface area contributed by atoms with Gasteiger partial charge in [0.25, 0.3) is 5.54 Å². The van der Waals surface area contributed by atoms with E-state index in [-0.39, 0.29) is 18.1 Å². The van der Waals surface area contributed by atoms with Crippen LogP contribution in [0.3, 0.4) is 0 Å². The van der Waals surface area contributed by atoms with E-state index in [2.05, 4.69) is 0 Å². The third-order valence-electron chi connectivity index (χ3n) is 4.57. The number of hydrogen-bond acceptors (Lipinski definition) is 6. The van der Waals surface area contributed by atoms with Crippen molar-refractivity contribution in [2.75, 3.05) is 13.2 Å². The van der Waals surface area contributed by atoms with Gasteiger partial charge in [0.1, 0.15) is 0 Å². The van der Waals surface area contributed by atoms with E-state index in [1.807, 2.05) is 0 Å². The van der Waals surface area contributed by atoms with Crippen molar-refractivity contribution in [1.82, 2.24) is 4.31 Å². The second kappa shape index (κ2) is 8.14. The molecular weight excluding hydrogens is 418 g/mol. The van der Waals surface area contributed by atoms with Crippen molar-refractivity contribution in [1.29, 1.82) is 0 Å². The van der Waals surface area contributed by atoms with Crippen LogP contribution in [0.25, 0.3) is 0 Å². The predicted molar refractivity (Wildman–Crippen MR) is 106 cm³/mol. The molecule has 2 aromatic carbocycles. The lowest BCUT2D eigenvalue weighted by Gasteiger charge is -2.15. The van der Waals surface area contributed by atoms with Crippen LogP contribution in [0.5, 0.6) is 0 Å². The van der Waals surface area contributed by atoms with Crippen molar-refractivity contribution in [3.63, 3.8) is 0 Å². The molecule has 0 radical (unpaired) electrons. The topological polar surface area (TPSA) is 89.8 Å². The molecule has 3 rings (SSSR count). The molecular formula is C20H20ClNO6S. The Morgan fingerprint density at radius 2 is 1.48 bits per heavy atom. The Kier molecular flexibility index (Phi) is 5.97. The van der Waals surface area contributed by atoms with Gasteiger partial charge >= 0.3 is 11.9 Å². The Morgan fingerprint density at radius 1 is 0.966 bits per heavy atom. The molecule has 1 fully saturated rings. The number of halogens is 1. The first kappa shape index (κ1) is 21.3. The van der Waals surface area contributed by atoms with E-state index in [1.54, 1.807) is 44.2 Å². The monoisotopic (exact) mass is 437 g/mol. The summed E-state index contributed by atoms with van der Waals surface area (Å²) in [5, 5.41) is 0.358. The lowest BCUT2D eigenvalue weighted by molar-refractivity contribution is -0.160. The fourth-order valence-electron chi connectivity index (χ4n) is 3.30. The molecule has 1 heterocycles. The van der Waals surface area contributed by atoms with Crippen LogP contribution in [-0.2, 0) is 29.1 Å². The maximum Gasteiger partial charge on any atom is 0.341 e. The van der Waals surface area contributed by atoms with Gasteiger partial charge in [0.15, 0.2) is 0 Å². The van der Waals surface area contributed by atoms with Crippen molar-refractivity contribution >= 4 is 33.6 Å². The first-order chi connectivity index (χ1) is 13.8. The van der Waals surface area contributed by atoms with Crippen LogP contribution in [0.4, 0.5) is 0 Å². The number of hydrogen-bond donors (Lipinski definition) is 0. The van der Waals surface area contributed by atoms with Gasteiger partial charge in [-0.3, -0.25) is 0 Å². The minimum atomic E-state index is -4.24. The van der Waals surface area contributed by atoms with Crippen LogP contribution in [0, 0.1) is 0 Å². The molecule has 2 unspecified atom stereocenters. The Labute approximate surface area is 174 Å². The molecule has 0 amide bonds. The number of benzene rings is 2. The van der Waals surface area contributed by atoms with E-state index >= 15 is 0 Å². The summed E-state index contributed by atoms with van der Waals surface area (Å²) in [6.07, 6.45) is 0. The van der Waals surface area contributed by atoms with Gasteiger partial charge < -0.3 is 9.47 Å². The van der Waals surface area contributed by atoms with Crippen LogP contribution in [0.2, 0.25) is 5.02 Å². The van der Waals surface area contributed by atoms with Gasteiger partial charge in [-0.15, -0.1) is 0 Å². The molecule has 0 aliphatic carbocycles. The molecule has 0 spiro atoms. The first-order valence-corrected chi connectivity index (χ1v) is 10.8. The maximum absolute atomic E-state index is 13.4. The van der Waals surface area contributed by atoms with Gasteiger partial charge in [0, 0.05) is 5.02 Å². The minimum Gasteiger partial charge on any atom is -0.464 e. The number of nitrogens with zero attached hydrogens (tertiary/aromatic N) is 1. The highest BCUT2D eigenvalue weighted by Gasteiger charge is 2.80. The molecule has 0 bridgehead atoms. The zero-order chi connectivity index (χ0) is 21.2. The summed E-state index contributed by atoms with van der Waals surface area (Å²) in [7, 11) is -4.24. The van der Waals surface area contributed by atoms with Gasteiger partial charge in [-0.2, -0.15) is 4.31 Å². The minimum absolute atomic E-state index is 0.0175. The number of ether oxygens (including phenoxy) is 2. The highest BCUT2D eigenvalue weighted by atomic mass is 35.5. The molecule has 1 aliphatic heterocycles. The van der Waals surface area contributed by atoms with Gasteiger partial charge in [0.2, 0.25) is 10.0 Å². The van der Waals surface area contributed by atoms with E-state index in [0.29, 0.717) is 10.6 Å². The fraction of sp³-hybridized carbons (Fsp3) is 0.300. The molecule has 7 nitrogen and oxygen atoms in total. The van der Waals surface area contributed by atoms with Crippen LogP contribution < -0.4 is 0 Å². The molecule has 0 aromatic heterocycles. The van der Waals surface area contributed by atoms with Crippen LogP contribution in [-0.4, -0.2) is 43.4 Å². The fourth-order valence-corrected chi connectivity index (χ4v) is 5.26. The van der Waals surface area contributed by atoms with Gasteiger partial charge in [-0.1, -0.05) is 41.9 Å².